The van der Waals surface area contributed by atoms with Gasteiger partial charge in [0.2, 0.25) is 0 Å². The highest BCUT2D eigenvalue weighted by Crippen LogP contribution is 2.31. The molecule has 6 nitrogen and oxygen atoms in total. The maximum Gasteiger partial charge on any atom is 0.407 e. The lowest BCUT2D eigenvalue weighted by molar-refractivity contribution is 0.0374. The van der Waals surface area contributed by atoms with Crippen molar-refractivity contribution >= 4 is 27.9 Å². The quantitative estimate of drug-likeness (QED) is 0.757. The van der Waals surface area contributed by atoms with Gasteiger partial charge >= 0.3 is 6.09 Å². The highest BCUT2D eigenvalue weighted by molar-refractivity contribution is 9.10. The number of carboxylic acid groups (broad SMARTS) is 1. The molecule has 1 aromatic carbocycles. The number of amides is 2. The van der Waals surface area contributed by atoms with Crippen LogP contribution in [0.1, 0.15) is 16.8 Å². The molecular formula is C14H14BrFN2O4. The maximum atomic E-state index is 13.7. The summed E-state index contributed by atoms with van der Waals surface area (Å²) in [6.07, 6.45) is -0.463. The molecule has 3 rings (SSSR count). The van der Waals surface area contributed by atoms with Gasteiger partial charge in [-0.25, -0.2) is 9.18 Å². The van der Waals surface area contributed by atoms with Crippen molar-refractivity contribution in [1.82, 2.24) is 9.80 Å². The first-order valence-corrected chi connectivity index (χ1v) is 7.67. The van der Waals surface area contributed by atoms with Crippen molar-refractivity contribution in [3.8, 4) is 5.75 Å². The fourth-order valence-electron chi connectivity index (χ4n) is 2.82. The number of hydrogen-bond acceptors (Lipinski definition) is 3. The predicted molar refractivity (Wildman–Crippen MR) is 78.6 cm³/mol. The molecule has 0 saturated carbocycles. The molecular weight excluding hydrogens is 359 g/mol. The molecule has 2 aliphatic heterocycles. The fourth-order valence-corrected chi connectivity index (χ4v) is 3.14. The molecule has 118 valence electrons. The van der Waals surface area contributed by atoms with Crippen LogP contribution in [0.15, 0.2) is 16.6 Å². The number of benzene rings is 1. The van der Waals surface area contributed by atoms with E-state index in [2.05, 4.69) is 15.9 Å². The highest BCUT2D eigenvalue weighted by atomic mass is 79.9. The standard InChI is InChI=1S/C14H14BrFN2O4/c15-10-6-12-9(5-11(10)16)13(19)18-3-2-17(14(20)21)7-8(18)1-4-22-12/h5-6,8H,1-4,7H2,(H,20,21)/t8-/m0/s1. The number of carbonyl (C=O) groups excluding carboxylic acids is 1. The van der Waals surface area contributed by atoms with Gasteiger partial charge in [0.25, 0.3) is 5.91 Å². The molecule has 0 aromatic heterocycles. The zero-order valence-electron chi connectivity index (χ0n) is 11.6. The monoisotopic (exact) mass is 372 g/mol. The molecule has 1 N–H and O–H groups in total. The Hall–Kier alpha value is -1.83. The third-order valence-corrected chi connectivity index (χ3v) is 4.58. The number of halogens is 2. The van der Waals surface area contributed by atoms with E-state index in [1.54, 1.807) is 4.90 Å². The van der Waals surface area contributed by atoms with Gasteiger partial charge in [-0.3, -0.25) is 4.79 Å². The summed E-state index contributed by atoms with van der Waals surface area (Å²) >= 11 is 3.08. The first-order valence-electron chi connectivity index (χ1n) is 6.88. The summed E-state index contributed by atoms with van der Waals surface area (Å²) < 4.78 is 19.6. The molecule has 2 aliphatic rings. The Bertz CT molecular complexity index is 640. The lowest BCUT2D eigenvalue weighted by Crippen LogP contribution is -2.57. The SMILES string of the molecule is O=C(O)N1CCN2C(=O)c3cc(F)c(Br)cc3OCC[C@H]2C1. The smallest absolute Gasteiger partial charge is 0.407 e. The van der Waals surface area contributed by atoms with E-state index in [9.17, 15) is 14.0 Å². The van der Waals surface area contributed by atoms with Gasteiger partial charge in [-0.1, -0.05) is 0 Å². The molecule has 22 heavy (non-hydrogen) atoms. The van der Waals surface area contributed by atoms with Crippen LogP contribution in [0.3, 0.4) is 0 Å². The van der Waals surface area contributed by atoms with Crippen LogP contribution in [0, 0.1) is 5.82 Å². The fraction of sp³-hybridized carbons (Fsp3) is 0.429. The third kappa shape index (κ3) is 2.63. The normalized spacial score (nSPS) is 21.4. The zero-order chi connectivity index (χ0) is 15.9. The average molecular weight is 373 g/mol. The largest absolute Gasteiger partial charge is 0.493 e. The first-order chi connectivity index (χ1) is 10.5. The van der Waals surface area contributed by atoms with E-state index in [0.29, 0.717) is 25.3 Å². The first kappa shape index (κ1) is 15.1. The van der Waals surface area contributed by atoms with E-state index in [-0.39, 0.29) is 35.1 Å². The van der Waals surface area contributed by atoms with Crippen molar-refractivity contribution in [2.75, 3.05) is 26.2 Å². The van der Waals surface area contributed by atoms with E-state index < -0.39 is 11.9 Å². The second-order valence-corrected chi connectivity index (χ2v) is 6.13. The Morgan fingerprint density at radius 3 is 2.91 bits per heavy atom. The highest BCUT2D eigenvalue weighted by Gasteiger charge is 2.35. The van der Waals surface area contributed by atoms with Crippen LogP contribution in [0.5, 0.6) is 5.75 Å². The summed E-state index contributed by atoms with van der Waals surface area (Å²) in [6, 6.07) is 2.36. The minimum absolute atomic E-state index is 0.175. The van der Waals surface area contributed by atoms with Gasteiger partial charge in [0, 0.05) is 26.1 Å². The van der Waals surface area contributed by atoms with Gasteiger partial charge in [-0.2, -0.15) is 0 Å². The molecule has 0 aliphatic carbocycles. The Balaban J connectivity index is 1.92. The molecule has 0 unspecified atom stereocenters. The molecule has 8 heteroatoms. The zero-order valence-corrected chi connectivity index (χ0v) is 13.2. The van der Waals surface area contributed by atoms with Crippen molar-refractivity contribution in [1.29, 1.82) is 0 Å². The summed E-state index contributed by atoms with van der Waals surface area (Å²) in [5.41, 5.74) is 0.175. The Morgan fingerprint density at radius 2 is 2.18 bits per heavy atom. The van der Waals surface area contributed by atoms with Gasteiger partial charge in [-0.15, -0.1) is 0 Å². The Kier molecular flexibility index (Phi) is 3.94. The third-order valence-electron chi connectivity index (χ3n) is 3.98. The van der Waals surface area contributed by atoms with Crippen molar-refractivity contribution in [2.24, 2.45) is 0 Å². The summed E-state index contributed by atoms with van der Waals surface area (Å²) in [5.74, 6) is -0.509. The molecule has 2 amide bonds. The number of ether oxygens (including phenoxy) is 1. The van der Waals surface area contributed by atoms with Crippen molar-refractivity contribution in [2.45, 2.75) is 12.5 Å². The number of nitrogens with zero attached hydrogens (tertiary/aromatic N) is 2. The van der Waals surface area contributed by atoms with Gasteiger partial charge in [-0.05, 0) is 28.1 Å². The lowest BCUT2D eigenvalue weighted by atomic mass is 10.0. The van der Waals surface area contributed by atoms with Gasteiger partial charge in [0.05, 0.1) is 22.7 Å². The van der Waals surface area contributed by atoms with Gasteiger partial charge in [0.1, 0.15) is 11.6 Å². The summed E-state index contributed by atoms with van der Waals surface area (Å²) in [5, 5.41) is 9.08. The van der Waals surface area contributed by atoms with Crippen molar-refractivity contribution in [3.63, 3.8) is 0 Å². The van der Waals surface area contributed by atoms with Crippen LogP contribution in [0.25, 0.3) is 0 Å². The summed E-state index contributed by atoms with van der Waals surface area (Å²) in [7, 11) is 0. The second-order valence-electron chi connectivity index (χ2n) is 5.28. The minimum Gasteiger partial charge on any atom is -0.493 e. The van der Waals surface area contributed by atoms with E-state index in [4.69, 9.17) is 9.84 Å². The molecule has 1 fully saturated rings. The molecule has 1 atom stereocenters. The Labute approximate surface area is 134 Å². The number of rotatable bonds is 0. The van der Waals surface area contributed by atoms with Crippen molar-refractivity contribution in [3.05, 3.63) is 28.0 Å². The van der Waals surface area contributed by atoms with Crippen LogP contribution in [0.4, 0.5) is 9.18 Å². The molecule has 1 aromatic rings. The summed E-state index contributed by atoms with van der Waals surface area (Å²) in [4.78, 5) is 26.7. The number of piperazine rings is 1. The van der Waals surface area contributed by atoms with Crippen LogP contribution in [-0.4, -0.2) is 59.2 Å². The Morgan fingerprint density at radius 1 is 1.41 bits per heavy atom. The van der Waals surface area contributed by atoms with Crippen LogP contribution < -0.4 is 4.74 Å². The van der Waals surface area contributed by atoms with E-state index >= 15 is 0 Å². The van der Waals surface area contributed by atoms with Crippen LogP contribution in [0.2, 0.25) is 0 Å². The molecule has 0 spiro atoms. The van der Waals surface area contributed by atoms with Gasteiger partial charge < -0.3 is 19.6 Å². The van der Waals surface area contributed by atoms with E-state index in [1.165, 1.54) is 11.0 Å². The maximum absolute atomic E-state index is 13.7. The number of hydrogen-bond donors (Lipinski definition) is 1. The number of fused-ring (bicyclic) bond motifs is 2. The van der Waals surface area contributed by atoms with Crippen molar-refractivity contribution < 1.29 is 23.8 Å². The van der Waals surface area contributed by atoms with E-state index in [0.717, 1.165) is 6.07 Å². The van der Waals surface area contributed by atoms with Gasteiger partial charge in [0.15, 0.2) is 0 Å². The number of carbonyl (C=O) groups is 2. The minimum atomic E-state index is -0.995. The average Bonchev–Trinajstić information content (AvgIpc) is 2.48. The topological polar surface area (TPSA) is 70.1 Å². The molecule has 1 saturated heterocycles. The van der Waals surface area contributed by atoms with Crippen LogP contribution >= 0.6 is 15.9 Å². The van der Waals surface area contributed by atoms with Crippen LogP contribution in [-0.2, 0) is 0 Å². The molecule has 0 bridgehead atoms. The molecule has 0 radical (unpaired) electrons. The lowest BCUT2D eigenvalue weighted by Gasteiger charge is -2.41. The summed E-state index contributed by atoms with van der Waals surface area (Å²) in [6.45, 7) is 1.14. The van der Waals surface area contributed by atoms with E-state index in [1.807, 2.05) is 0 Å². The molecule has 2 heterocycles. The second kappa shape index (κ2) is 5.75. The predicted octanol–water partition coefficient (Wildman–Crippen LogP) is 2.18.